The highest BCUT2D eigenvalue weighted by Crippen LogP contribution is 2.37. The first-order chi connectivity index (χ1) is 14.9. The van der Waals surface area contributed by atoms with Crippen LogP contribution in [-0.2, 0) is 14.6 Å². The van der Waals surface area contributed by atoms with Crippen LogP contribution in [-0.4, -0.2) is 72.9 Å². The van der Waals surface area contributed by atoms with Crippen LogP contribution in [0.5, 0.6) is 5.75 Å². The fourth-order valence-corrected chi connectivity index (χ4v) is 5.97. The minimum Gasteiger partial charge on any atom is -0.481 e. The van der Waals surface area contributed by atoms with Gasteiger partial charge in [0.2, 0.25) is 0 Å². The van der Waals surface area contributed by atoms with E-state index < -0.39 is 20.5 Å². The number of ether oxygens (including phenoxy) is 1. The predicted molar refractivity (Wildman–Crippen MR) is 112 cm³/mol. The molecule has 3 rings (SSSR count). The zero-order valence-electron chi connectivity index (χ0n) is 17.5. The molecule has 0 bridgehead atoms. The minimum atomic E-state index is -4.15. The van der Waals surface area contributed by atoms with Crippen LogP contribution in [0.15, 0.2) is 29.2 Å². The lowest BCUT2D eigenvalue weighted by Gasteiger charge is -2.40. The summed E-state index contributed by atoms with van der Waals surface area (Å²) in [4.78, 5) is 28.5. The topological polar surface area (TPSA) is 116 Å². The van der Waals surface area contributed by atoms with Gasteiger partial charge in [0.1, 0.15) is 12.4 Å². The Morgan fingerprint density at radius 3 is 2.23 bits per heavy atom. The Hall–Kier alpha value is -2.77. The van der Waals surface area contributed by atoms with Gasteiger partial charge in [-0.3, -0.25) is 10.0 Å². The van der Waals surface area contributed by atoms with Crippen LogP contribution in [0.25, 0.3) is 0 Å². The molecule has 0 radical (unpaired) electrons. The summed E-state index contributed by atoms with van der Waals surface area (Å²) in [5, 5.41) is 9.29. The number of likely N-dealkylation sites (tertiary alicyclic amines) is 2. The second-order valence-corrected chi connectivity index (χ2v) is 9.85. The van der Waals surface area contributed by atoms with Gasteiger partial charge in [-0.15, -0.1) is 5.92 Å². The molecule has 0 aromatic heterocycles. The summed E-state index contributed by atoms with van der Waals surface area (Å²) < 4.78 is 30.5. The van der Waals surface area contributed by atoms with Crippen molar-refractivity contribution in [3.8, 4) is 17.6 Å². The number of nitrogens with one attached hydrogen (secondary N) is 1. The Morgan fingerprint density at radius 2 is 1.68 bits per heavy atom. The molecular formula is C21H27N3O6S. The summed E-state index contributed by atoms with van der Waals surface area (Å²) in [6.45, 7) is 3.47. The Kier molecular flexibility index (Phi) is 7.08. The minimum absolute atomic E-state index is 0.0515. The molecule has 0 saturated carbocycles. The van der Waals surface area contributed by atoms with Crippen molar-refractivity contribution in [1.29, 1.82) is 0 Å². The molecule has 1 aromatic rings. The number of carbonyl (C=O) groups excluding carboxylic acids is 2. The average Bonchev–Trinajstić information content (AvgIpc) is 3.33. The van der Waals surface area contributed by atoms with Crippen LogP contribution >= 0.6 is 0 Å². The molecule has 0 spiro atoms. The van der Waals surface area contributed by atoms with Gasteiger partial charge in [0.05, 0.1) is 4.90 Å². The number of sulfone groups is 1. The van der Waals surface area contributed by atoms with Crippen molar-refractivity contribution in [3.05, 3.63) is 24.3 Å². The molecule has 0 unspecified atom stereocenters. The molecule has 31 heavy (non-hydrogen) atoms. The number of benzene rings is 1. The third-order valence-electron chi connectivity index (χ3n) is 5.87. The monoisotopic (exact) mass is 449 g/mol. The molecule has 1 aromatic carbocycles. The molecule has 2 saturated heterocycles. The van der Waals surface area contributed by atoms with Crippen LogP contribution in [0.4, 0.5) is 4.79 Å². The zero-order valence-corrected chi connectivity index (χ0v) is 18.3. The largest absolute Gasteiger partial charge is 0.481 e. The lowest BCUT2D eigenvalue weighted by atomic mass is 9.95. The highest BCUT2D eigenvalue weighted by molar-refractivity contribution is 7.93. The maximum Gasteiger partial charge on any atom is 0.319 e. The first kappa shape index (κ1) is 22.9. The number of hydroxylamine groups is 1. The van der Waals surface area contributed by atoms with Crippen LogP contribution < -0.4 is 10.2 Å². The molecule has 2 aliphatic rings. The van der Waals surface area contributed by atoms with Crippen LogP contribution in [0.3, 0.4) is 0 Å². The summed E-state index contributed by atoms with van der Waals surface area (Å²) in [6, 6.07) is 5.61. The lowest BCUT2D eigenvalue weighted by Crippen LogP contribution is -2.59. The van der Waals surface area contributed by atoms with E-state index in [0.29, 0.717) is 18.8 Å². The smallest absolute Gasteiger partial charge is 0.319 e. The van der Waals surface area contributed by atoms with E-state index in [2.05, 4.69) is 11.8 Å². The van der Waals surface area contributed by atoms with Crippen molar-refractivity contribution in [2.45, 2.75) is 42.2 Å². The van der Waals surface area contributed by atoms with Gasteiger partial charge in [0, 0.05) is 26.2 Å². The van der Waals surface area contributed by atoms with E-state index >= 15 is 0 Å². The summed E-state index contributed by atoms with van der Waals surface area (Å²) in [7, 11) is -4.15. The fourth-order valence-electron chi connectivity index (χ4n) is 4.02. The van der Waals surface area contributed by atoms with Gasteiger partial charge in [-0.25, -0.2) is 18.7 Å². The Bertz CT molecular complexity index is 967. The molecule has 0 atom stereocenters. The van der Waals surface area contributed by atoms with Gasteiger partial charge < -0.3 is 14.5 Å². The molecule has 2 heterocycles. The van der Waals surface area contributed by atoms with Crippen LogP contribution in [0, 0.1) is 11.8 Å². The number of nitrogens with zero attached hydrogens (tertiary/aromatic N) is 2. The number of amides is 3. The molecule has 2 N–H and O–H groups in total. The molecular weight excluding hydrogens is 422 g/mol. The highest BCUT2D eigenvalue weighted by atomic mass is 32.2. The molecule has 0 aliphatic carbocycles. The van der Waals surface area contributed by atoms with Gasteiger partial charge in [0.15, 0.2) is 14.6 Å². The summed E-state index contributed by atoms with van der Waals surface area (Å²) >= 11 is 0. The van der Waals surface area contributed by atoms with E-state index in [1.165, 1.54) is 29.7 Å². The van der Waals surface area contributed by atoms with Gasteiger partial charge >= 0.3 is 6.03 Å². The van der Waals surface area contributed by atoms with E-state index in [1.54, 1.807) is 16.7 Å². The molecule has 2 fully saturated rings. The first-order valence-corrected chi connectivity index (χ1v) is 11.7. The number of carbonyl (C=O) groups is 2. The molecule has 168 valence electrons. The summed E-state index contributed by atoms with van der Waals surface area (Å²) in [6.07, 6.45) is 1.70. The van der Waals surface area contributed by atoms with Crippen molar-refractivity contribution >= 4 is 21.8 Å². The number of hydrogen-bond acceptors (Lipinski definition) is 6. The second kappa shape index (κ2) is 9.58. The summed E-state index contributed by atoms with van der Waals surface area (Å²) in [5.41, 5.74) is 1.52. The van der Waals surface area contributed by atoms with Gasteiger partial charge in [-0.2, -0.15) is 0 Å². The number of piperidine rings is 1. The van der Waals surface area contributed by atoms with Crippen molar-refractivity contribution in [2.75, 3.05) is 32.8 Å². The number of hydrogen-bond donors (Lipinski definition) is 2. The number of rotatable bonds is 5. The Labute approximate surface area is 182 Å². The predicted octanol–water partition coefficient (Wildman–Crippen LogP) is 1.42. The van der Waals surface area contributed by atoms with Gasteiger partial charge in [-0.1, -0.05) is 5.92 Å². The summed E-state index contributed by atoms with van der Waals surface area (Å²) in [5.74, 6) is 4.91. The average molecular weight is 450 g/mol. The van der Waals surface area contributed by atoms with Crippen LogP contribution in [0.2, 0.25) is 0 Å². The molecule has 3 amide bonds. The van der Waals surface area contributed by atoms with Gasteiger partial charge in [0.25, 0.3) is 5.91 Å². The van der Waals surface area contributed by atoms with E-state index in [-0.39, 0.29) is 43.5 Å². The van der Waals surface area contributed by atoms with E-state index in [4.69, 9.17) is 4.74 Å². The standard InChI is InChI=1S/C21H27N3O6S/c1-2-3-16-30-17-6-8-18(9-7-17)31(28,29)21(19(25)22-27)10-14-24(15-11-21)20(26)23-12-4-5-13-23/h6-9,27H,4-5,10-16H2,1H3,(H,22,25). The molecule has 9 nitrogen and oxygen atoms in total. The quantitative estimate of drug-likeness (QED) is 0.399. The molecule has 10 heteroatoms. The van der Waals surface area contributed by atoms with Crippen LogP contribution in [0.1, 0.15) is 32.6 Å². The fraction of sp³-hybridized carbons (Fsp3) is 0.524. The van der Waals surface area contributed by atoms with Gasteiger partial charge in [-0.05, 0) is 56.9 Å². The lowest BCUT2D eigenvalue weighted by molar-refractivity contribution is -0.133. The molecule has 2 aliphatic heterocycles. The van der Waals surface area contributed by atoms with Crippen molar-refractivity contribution < 1.29 is 28.0 Å². The van der Waals surface area contributed by atoms with E-state index in [1.807, 2.05) is 0 Å². The zero-order chi connectivity index (χ0) is 22.5. The maximum absolute atomic E-state index is 13.5. The Morgan fingerprint density at radius 1 is 1.10 bits per heavy atom. The maximum atomic E-state index is 13.5. The van der Waals surface area contributed by atoms with E-state index in [0.717, 1.165) is 12.8 Å². The van der Waals surface area contributed by atoms with Crippen molar-refractivity contribution in [1.82, 2.24) is 15.3 Å². The third kappa shape index (κ3) is 4.48. The second-order valence-electron chi connectivity index (χ2n) is 7.59. The van der Waals surface area contributed by atoms with Crippen molar-refractivity contribution in [3.63, 3.8) is 0 Å². The SMILES string of the molecule is CC#CCOc1ccc(S(=O)(=O)C2(C(=O)NO)CCN(C(=O)N3CCCC3)CC2)cc1. The highest BCUT2D eigenvalue weighted by Gasteiger charge is 2.53. The normalized spacial score (nSPS) is 18.1. The van der Waals surface area contributed by atoms with Crippen molar-refractivity contribution in [2.24, 2.45) is 0 Å². The first-order valence-electron chi connectivity index (χ1n) is 10.2. The van der Waals surface area contributed by atoms with E-state index in [9.17, 15) is 23.2 Å². The Balaban J connectivity index is 1.80. The third-order valence-corrected chi connectivity index (χ3v) is 8.39. The number of urea groups is 1.